The number of furan rings is 1. The van der Waals surface area contributed by atoms with Crippen molar-refractivity contribution in [1.82, 2.24) is 9.80 Å². The number of halogens is 1. The third kappa shape index (κ3) is 8.64. The van der Waals surface area contributed by atoms with Crippen LogP contribution < -0.4 is 10.1 Å². The number of methoxy groups -OCH3 is 1. The van der Waals surface area contributed by atoms with Gasteiger partial charge in [0, 0.05) is 26.3 Å². The van der Waals surface area contributed by atoms with Gasteiger partial charge in [0.05, 0.1) is 19.3 Å². The molecule has 0 spiro atoms. The van der Waals surface area contributed by atoms with Gasteiger partial charge in [0.1, 0.15) is 29.6 Å². The normalized spacial score (nSPS) is 10.7. The van der Waals surface area contributed by atoms with Gasteiger partial charge >= 0.3 is 6.03 Å². The third-order valence-corrected chi connectivity index (χ3v) is 5.66. The molecule has 0 fully saturated rings. The first kappa shape index (κ1) is 27.7. The van der Waals surface area contributed by atoms with Crippen LogP contribution in [0.3, 0.4) is 0 Å². The van der Waals surface area contributed by atoms with Crippen LogP contribution in [0.1, 0.15) is 30.4 Å². The van der Waals surface area contributed by atoms with Crippen LogP contribution in [0, 0.1) is 12.7 Å². The van der Waals surface area contributed by atoms with Crippen LogP contribution in [0.5, 0.6) is 5.75 Å². The second kappa shape index (κ2) is 14.0. The van der Waals surface area contributed by atoms with E-state index in [0.29, 0.717) is 43.4 Å². The lowest BCUT2D eigenvalue weighted by molar-refractivity contribution is -0.133. The number of aryl methyl sites for hydroxylation is 1. The van der Waals surface area contributed by atoms with Crippen LogP contribution >= 0.6 is 0 Å². The van der Waals surface area contributed by atoms with Crippen molar-refractivity contribution < 1.29 is 27.9 Å². The average Bonchev–Trinajstić information content (AvgIpc) is 3.31. The third-order valence-electron chi connectivity index (χ3n) is 5.66. The van der Waals surface area contributed by atoms with Crippen molar-refractivity contribution in [3.05, 3.63) is 83.6 Å². The first-order chi connectivity index (χ1) is 17.9. The van der Waals surface area contributed by atoms with Gasteiger partial charge in [0.25, 0.3) is 0 Å². The monoisotopic (exact) mass is 511 g/mol. The molecule has 1 aromatic heterocycles. The van der Waals surface area contributed by atoms with E-state index in [1.54, 1.807) is 35.2 Å². The molecule has 37 heavy (non-hydrogen) atoms. The molecular weight excluding hydrogens is 477 g/mol. The number of nitrogens with one attached hydrogen (secondary N) is 1. The van der Waals surface area contributed by atoms with Gasteiger partial charge in [-0.1, -0.05) is 24.3 Å². The van der Waals surface area contributed by atoms with Crippen molar-refractivity contribution in [3.8, 4) is 5.75 Å². The molecule has 0 aliphatic carbocycles. The summed E-state index contributed by atoms with van der Waals surface area (Å²) in [5.74, 6) is 1.25. The highest BCUT2D eigenvalue weighted by molar-refractivity contribution is 5.93. The molecule has 0 atom stereocenters. The molecule has 3 aromatic rings. The molecule has 3 rings (SSSR count). The fourth-order valence-corrected chi connectivity index (χ4v) is 3.76. The molecule has 0 saturated heterocycles. The summed E-state index contributed by atoms with van der Waals surface area (Å²) in [4.78, 5) is 29.8. The smallest absolute Gasteiger partial charge is 0.322 e. The maximum atomic E-state index is 13.5. The summed E-state index contributed by atoms with van der Waals surface area (Å²) < 4.78 is 29.9. The van der Waals surface area contributed by atoms with Gasteiger partial charge in [-0.15, -0.1) is 0 Å². The Bertz CT molecular complexity index is 1150. The molecule has 8 nitrogen and oxygen atoms in total. The Kier molecular flexibility index (Phi) is 10.5. The van der Waals surface area contributed by atoms with Crippen LogP contribution in [0.4, 0.5) is 14.9 Å². The van der Waals surface area contributed by atoms with Gasteiger partial charge in [0.15, 0.2) is 0 Å². The second-order valence-corrected chi connectivity index (χ2v) is 8.49. The molecule has 2 aromatic carbocycles. The Labute approximate surface area is 217 Å². The van der Waals surface area contributed by atoms with E-state index in [9.17, 15) is 14.0 Å². The maximum Gasteiger partial charge on any atom is 0.322 e. The highest BCUT2D eigenvalue weighted by Gasteiger charge is 2.23. The quantitative estimate of drug-likeness (QED) is 0.318. The van der Waals surface area contributed by atoms with Crippen molar-refractivity contribution in [2.75, 3.05) is 38.7 Å². The fraction of sp³-hybridized carbons (Fsp3) is 0.357. The molecule has 198 valence electrons. The minimum Gasteiger partial charge on any atom is -0.495 e. The van der Waals surface area contributed by atoms with Crippen LogP contribution in [0.25, 0.3) is 0 Å². The summed E-state index contributed by atoms with van der Waals surface area (Å²) in [7, 11) is 1.53. The predicted octanol–water partition coefficient (Wildman–Crippen LogP) is 5.23. The van der Waals surface area contributed by atoms with Crippen molar-refractivity contribution in [3.63, 3.8) is 0 Å². The summed E-state index contributed by atoms with van der Waals surface area (Å²) >= 11 is 0. The summed E-state index contributed by atoms with van der Waals surface area (Å²) in [6.45, 7) is 5.38. The standard InChI is InChI=1S/C28H34FN3O5/c1-4-36-17-7-16-31(28(34)30-25-8-5-6-9-26(25)35-3)20-27(33)32(19-24-15-10-21(2)37-24)18-22-11-13-23(29)14-12-22/h5-6,8-15H,4,7,16-20H2,1-3H3,(H,30,34). The predicted molar refractivity (Wildman–Crippen MR) is 139 cm³/mol. The summed E-state index contributed by atoms with van der Waals surface area (Å²) in [5.41, 5.74) is 1.27. The number of anilines is 1. The number of hydrogen-bond donors (Lipinski definition) is 1. The number of ether oxygens (including phenoxy) is 2. The fourth-order valence-electron chi connectivity index (χ4n) is 3.76. The van der Waals surface area contributed by atoms with Gasteiger partial charge in [-0.25, -0.2) is 9.18 Å². The van der Waals surface area contributed by atoms with Crippen molar-refractivity contribution in [2.45, 2.75) is 33.4 Å². The lowest BCUT2D eigenvalue weighted by Gasteiger charge is -2.28. The second-order valence-electron chi connectivity index (χ2n) is 8.49. The van der Waals surface area contributed by atoms with E-state index in [1.165, 1.54) is 24.1 Å². The topological polar surface area (TPSA) is 84.2 Å². The first-order valence-corrected chi connectivity index (χ1v) is 12.2. The number of benzene rings is 2. The zero-order valence-electron chi connectivity index (χ0n) is 21.5. The minimum absolute atomic E-state index is 0.159. The number of carbonyl (C=O) groups is 2. The Morgan fingerprint density at radius 1 is 1.00 bits per heavy atom. The van der Waals surface area contributed by atoms with Crippen LogP contribution in [-0.2, 0) is 22.6 Å². The molecule has 1 heterocycles. The van der Waals surface area contributed by atoms with Crippen molar-refractivity contribution in [1.29, 1.82) is 0 Å². The highest BCUT2D eigenvalue weighted by Crippen LogP contribution is 2.23. The van der Waals surface area contributed by atoms with E-state index < -0.39 is 6.03 Å². The average molecular weight is 512 g/mol. The minimum atomic E-state index is -0.426. The van der Waals surface area contributed by atoms with E-state index in [-0.39, 0.29) is 31.4 Å². The summed E-state index contributed by atoms with van der Waals surface area (Å²) in [6, 6.07) is 16.3. The highest BCUT2D eigenvalue weighted by atomic mass is 19.1. The number of rotatable bonds is 13. The van der Waals surface area contributed by atoms with Crippen LogP contribution in [0.2, 0.25) is 0 Å². The number of carbonyl (C=O) groups excluding carboxylic acids is 2. The SMILES string of the molecule is CCOCCCN(CC(=O)N(Cc1ccc(F)cc1)Cc1ccc(C)o1)C(=O)Nc1ccccc1OC. The number of nitrogens with zero attached hydrogens (tertiary/aromatic N) is 2. The van der Waals surface area contributed by atoms with Gasteiger partial charge < -0.3 is 29.0 Å². The van der Waals surface area contributed by atoms with Gasteiger partial charge in [-0.3, -0.25) is 4.79 Å². The number of amides is 3. The van der Waals surface area contributed by atoms with Gasteiger partial charge in [-0.2, -0.15) is 0 Å². The number of hydrogen-bond acceptors (Lipinski definition) is 5. The zero-order chi connectivity index (χ0) is 26.6. The lowest BCUT2D eigenvalue weighted by atomic mass is 10.2. The Hall–Kier alpha value is -3.85. The Morgan fingerprint density at radius 3 is 2.43 bits per heavy atom. The molecule has 9 heteroatoms. The van der Waals surface area contributed by atoms with E-state index in [4.69, 9.17) is 13.9 Å². The summed E-state index contributed by atoms with van der Waals surface area (Å²) in [5, 5.41) is 2.85. The van der Waals surface area contributed by atoms with Gasteiger partial charge in [0.2, 0.25) is 5.91 Å². The van der Waals surface area contributed by atoms with Gasteiger partial charge in [-0.05, 0) is 62.2 Å². The van der Waals surface area contributed by atoms with Crippen molar-refractivity contribution in [2.24, 2.45) is 0 Å². The summed E-state index contributed by atoms with van der Waals surface area (Å²) in [6.07, 6.45) is 0.565. The first-order valence-electron chi connectivity index (χ1n) is 12.2. The Morgan fingerprint density at radius 2 is 1.76 bits per heavy atom. The molecule has 0 bridgehead atoms. The van der Waals surface area contributed by atoms with E-state index >= 15 is 0 Å². The molecule has 0 unspecified atom stereocenters. The molecule has 0 aliphatic rings. The largest absolute Gasteiger partial charge is 0.495 e. The molecule has 0 aliphatic heterocycles. The van der Waals surface area contributed by atoms with Crippen LogP contribution in [0.15, 0.2) is 65.1 Å². The molecular formula is C28H34FN3O5. The van der Waals surface area contributed by atoms with Crippen LogP contribution in [-0.4, -0.2) is 55.2 Å². The van der Waals surface area contributed by atoms with E-state index in [0.717, 1.165) is 11.3 Å². The lowest BCUT2D eigenvalue weighted by Crippen LogP contribution is -2.44. The molecule has 1 N–H and O–H groups in total. The zero-order valence-corrected chi connectivity index (χ0v) is 21.5. The Balaban J connectivity index is 1.78. The van der Waals surface area contributed by atoms with E-state index in [2.05, 4.69) is 5.32 Å². The molecule has 0 saturated carbocycles. The molecule has 0 radical (unpaired) electrons. The van der Waals surface area contributed by atoms with Crippen molar-refractivity contribution >= 4 is 17.6 Å². The maximum absolute atomic E-state index is 13.5. The molecule has 3 amide bonds. The van der Waals surface area contributed by atoms with E-state index in [1.807, 2.05) is 32.0 Å². The number of para-hydroxylation sites is 2. The number of urea groups is 1.